The molecule has 0 aliphatic rings. The first-order chi connectivity index (χ1) is 10.3. The van der Waals surface area contributed by atoms with Gasteiger partial charge in [-0.15, -0.1) is 0 Å². The second-order valence-electron chi connectivity index (χ2n) is 6.92. The quantitative estimate of drug-likeness (QED) is 0.582. The fourth-order valence-electron chi connectivity index (χ4n) is 3.44. The van der Waals surface area contributed by atoms with E-state index in [0.717, 1.165) is 5.69 Å². The largest absolute Gasteiger partial charge is 0.266 e. The summed E-state index contributed by atoms with van der Waals surface area (Å²) in [6.07, 6.45) is 1.18. The van der Waals surface area contributed by atoms with E-state index in [0.29, 0.717) is 12.0 Å². The van der Waals surface area contributed by atoms with Gasteiger partial charge in [0.1, 0.15) is 0 Å². The Morgan fingerprint density at radius 2 is 1.48 bits per heavy atom. The summed E-state index contributed by atoms with van der Waals surface area (Å²) in [6, 6.07) is 5.12. The van der Waals surface area contributed by atoms with E-state index >= 15 is 0 Å². The molecule has 1 atom stereocenters. The number of nitrogens with zero attached hydrogens (tertiary/aromatic N) is 2. The summed E-state index contributed by atoms with van der Waals surface area (Å²) in [4.78, 5) is 0. The van der Waals surface area contributed by atoms with Gasteiger partial charge in [0, 0.05) is 37.7 Å². The van der Waals surface area contributed by atoms with Crippen molar-refractivity contribution < 1.29 is 20.4 Å². The minimum Gasteiger partial charge on any atom is -0.266 e. The molecule has 1 aromatic heterocycles. The van der Waals surface area contributed by atoms with Gasteiger partial charge < -0.3 is 0 Å². The van der Waals surface area contributed by atoms with Crippen LogP contribution in [0.5, 0.6) is 0 Å². The van der Waals surface area contributed by atoms with Crippen molar-refractivity contribution in [2.75, 3.05) is 0 Å². The molecule has 0 aliphatic carbocycles. The Labute approximate surface area is 155 Å². The predicted octanol–water partition coefficient (Wildman–Crippen LogP) is 5.88. The van der Waals surface area contributed by atoms with Crippen LogP contribution in [0, 0.1) is 27.7 Å². The first-order valence-corrected chi connectivity index (χ1v) is 8.45. The van der Waals surface area contributed by atoms with E-state index < -0.39 is 0 Å². The van der Waals surface area contributed by atoms with Gasteiger partial charge >= 0.3 is 0 Å². The van der Waals surface area contributed by atoms with Gasteiger partial charge in [-0.3, -0.25) is 4.68 Å². The molecule has 130 valence electrons. The second-order valence-corrected chi connectivity index (χ2v) is 6.92. The maximum absolute atomic E-state index is 4.76. The molecule has 0 N–H and O–H groups in total. The van der Waals surface area contributed by atoms with Crippen LogP contribution in [0.25, 0.3) is 11.1 Å². The Bertz CT molecular complexity index is 660. The first-order valence-electron chi connectivity index (χ1n) is 8.45. The molecule has 0 amide bonds. The number of benzene rings is 1. The Hall–Kier alpha value is -0.908. The molecular formula is C20H30N2Pd. The molecule has 1 heterocycles. The third-order valence-electron chi connectivity index (χ3n) is 4.80. The van der Waals surface area contributed by atoms with Crippen LogP contribution >= 0.6 is 0 Å². The molecule has 1 aromatic carbocycles. The Balaban J connectivity index is 0.00000264. The summed E-state index contributed by atoms with van der Waals surface area (Å²) >= 11 is 0. The molecule has 0 bridgehead atoms. The van der Waals surface area contributed by atoms with Crippen molar-refractivity contribution in [1.29, 1.82) is 0 Å². The molecule has 0 aliphatic heterocycles. The van der Waals surface area contributed by atoms with Gasteiger partial charge in [-0.1, -0.05) is 26.0 Å². The van der Waals surface area contributed by atoms with E-state index in [1.165, 1.54) is 39.9 Å². The third kappa shape index (κ3) is 3.78. The van der Waals surface area contributed by atoms with Gasteiger partial charge in [-0.05, 0) is 76.1 Å². The Kier molecular flexibility index (Phi) is 6.81. The van der Waals surface area contributed by atoms with Gasteiger partial charge in [0.2, 0.25) is 0 Å². The zero-order chi connectivity index (χ0) is 16.6. The number of hydrogen-bond donors (Lipinski definition) is 0. The molecule has 0 spiro atoms. The van der Waals surface area contributed by atoms with E-state index in [9.17, 15) is 0 Å². The van der Waals surface area contributed by atoms with Crippen molar-refractivity contribution in [3.05, 3.63) is 40.2 Å². The maximum Gasteiger partial charge on any atom is 0.0675 e. The standard InChI is InChI=1S/C20H30N2.Pd/c1-9-13(4)18-10-14(5)19(15(6)11-18)20-16(7)21-22(12(2)3)17(20)8;/h10-13H,9H2,1-8H3;. The summed E-state index contributed by atoms with van der Waals surface area (Å²) in [6.45, 7) is 17.7. The molecule has 0 saturated carbocycles. The van der Waals surface area contributed by atoms with E-state index in [4.69, 9.17) is 5.10 Å². The number of rotatable bonds is 4. The maximum atomic E-state index is 4.76. The molecule has 23 heavy (non-hydrogen) atoms. The molecule has 0 radical (unpaired) electrons. The van der Waals surface area contributed by atoms with Crippen molar-refractivity contribution in [1.82, 2.24) is 9.78 Å². The van der Waals surface area contributed by atoms with Gasteiger partial charge in [0.15, 0.2) is 0 Å². The molecule has 3 heteroatoms. The van der Waals surface area contributed by atoms with Crippen LogP contribution in [0.3, 0.4) is 0 Å². The van der Waals surface area contributed by atoms with Crippen LogP contribution < -0.4 is 0 Å². The second kappa shape index (κ2) is 7.78. The Morgan fingerprint density at radius 1 is 0.957 bits per heavy atom. The number of aryl methyl sites for hydroxylation is 3. The zero-order valence-electron chi connectivity index (χ0n) is 15.7. The average molecular weight is 405 g/mol. The summed E-state index contributed by atoms with van der Waals surface area (Å²) in [5.74, 6) is 0.618. The summed E-state index contributed by atoms with van der Waals surface area (Å²) in [5.41, 5.74) is 9.28. The third-order valence-corrected chi connectivity index (χ3v) is 4.80. The SMILES string of the molecule is CCC(C)c1cc(C)c(-c2c(C)nn(C(C)C)c2C)c(C)c1.[Pd]. The number of hydrogen-bond acceptors (Lipinski definition) is 1. The first kappa shape index (κ1) is 20.1. The van der Waals surface area contributed by atoms with E-state index in [1.807, 2.05) is 0 Å². The van der Waals surface area contributed by atoms with Gasteiger partial charge in [-0.2, -0.15) is 5.10 Å². The van der Waals surface area contributed by atoms with Crippen molar-refractivity contribution in [3.8, 4) is 11.1 Å². The summed E-state index contributed by atoms with van der Waals surface area (Å²) in [5, 5.41) is 4.76. The van der Waals surface area contributed by atoms with Crippen LogP contribution in [0.2, 0.25) is 0 Å². The van der Waals surface area contributed by atoms with Crippen molar-refractivity contribution in [3.63, 3.8) is 0 Å². The van der Waals surface area contributed by atoms with Gasteiger partial charge in [0.05, 0.1) is 5.69 Å². The molecule has 0 fully saturated rings. The molecule has 1 unspecified atom stereocenters. The molecule has 2 rings (SSSR count). The molecular weight excluding hydrogens is 375 g/mol. The topological polar surface area (TPSA) is 17.8 Å². The summed E-state index contributed by atoms with van der Waals surface area (Å²) < 4.78 is 2.14. The average Bonchev–Trinajstić information content (AvgIpc) is 2.74. The van der Waals surface area contributed by atoms with E-state index in [2.05, 4.69) is 72.2 Å². The van der Waals surface area contributed by atoms with Gasteiger partial charge in [-0.25, -0.2) is 0 Å². The van der Waals surface area contributed by atoms with Crippen LogP contribution in [-0.2, 0) is 20.4 Å². The van der Waals surface area contributed by atoms with Crippen molar-refractivity contribution >= 4 is 0 Å². The fraction of sp³-hybridized carbons (Fsp3) is 0.550. The molecule has 0 saturated heterocycles. The fourth-order valence-corrected chi connectivity index (χ4v) is 3.44. The van der Waals surface area contributed by atoms with Crippen LogP contribution in [0.15, 0.2) is 12.1 Å². The van der Waals surface area contributed by atoms with Gasteiger partial charge in [0.25, 0.3) is 0 Å². The van der Waals surface area contributed by atoms with Crippen LogP contribution in [-0.4, -0.2) is 9.78 Å². The summed E-state index contributed by atoms with van der Waals surface area (Å²) in [7, 11) is 0. The Morgan fingerprint density at radius 3 is 1.87 bits per heavy atom. The van der Waals surface area contributed by atoms with E-state index in [-0.39, 0.29) is 20.4 Å². The van der Waals surface area contributed by atoms with Crippen LogP contribution in [0.4, 0.5) is 0 Å². The minimum absolute atomic E-state index is 0. The number of aromatic nitrogens is 2. The normalized spacial score (nSPS) is 12.4. The predicted molar refractivity (Wildman–Crippen MR) is 95.7 cm³/mol. The van der Waals surface area contributed by atoms with Crippen molar-refractivity contribution in [2.45, 2.75) is 73.8 Å². The van der Waals surface area contributed by atoms with Crippen LogP contribution in [0.1, 0.15) is 74.2 Å². The van der Waals surface area contributed by atoms with Crippen molar-refractivity contribution in [2.24, 2.45) is 0 Å². The smallest absolute Gasteiger partial charge is 0.0675 e. The monoisotopic (exact) mass is 404 g/mol. The van der Waals surface area contributed by atoms with E-state index in [1.54, 1.807) is 0 Å². The molecule has 2 aromatic rings. The molecule has 2 nitrogen and oxygen atoms in total. The minimum atomic E-state index is 0. The zero-order valence-corrected chi connectivity index (χ0v) is 17.3.